The fourth-order valence-corrected chi connectivity index (χ4v) is 0.558. The van der Waals surface area contributed by atoms with Gasteiger partial charge in [-0.15, -0.1) is 0 Å². The average Bonchev–Trinajstić information content (AvgIpc) is 1.77. The van der Waals surface area contributed by atoms with E-state index in [1.54, 1.807) is 18.2 Å². The standard InChI is InChI=1S/C5H5NOS.Mg.2H2S.2H/c7-6-4-2-1-3-5(6)8;;;;;/h1-4,7H;;2*1H2;;. The fourth-order valence-electron chi connectivity index (χ4n) is 0.419. The molecule has 0 aliphatic heterocycles. The van der Waals surface area contributed by atoms with Gasteiger partial charge in [0.05, 0.1) is 0 Å². The number of aromatic nitrogens is 1. The van der Waals surface area contributed by atoms with Gasteiger partial charge in [0, 0.05) is 6.20 Å². The Hall–Kier alpha value is 0.636. The van der Waals surface area contributed by atoms with Gasteiger partial charge in [-0.05, 0) is 12.1 Å². The minimum atomic E-state index is 0. The van der Waals surface area contributed by atoms with Gasteiger partial charge in [-0.3, -0.25) is 0 Å². The number of rotatable bonds is 0. The third-order valence-corrected chi connectivity index (χ3v) is 1.13. The summed E-state index contributed by atoms with van der Waals surface area (Å²) in [5.41, 5.74) is 0. The Morgan fingerprint density at radius 3 is 2.09 bits per heavy atom. The van der Waals surface area contributed by atoms with Crippen molar-refractivity contribution in [2.75, 3.05) is 0 Å². The molecule has 0 aliphatic rings. The number of hydrogen-bond acceptors (Lipinski definition) is 2. The lowest BCUT2D eigenvalue weighted by molar-refractivity contribution is 0.180. The van der Waals surface area contributed by atoms with Crippen molar-refractivity contribution in [1.29, 1.82) is 0 Å². The molecular weight excluding hydrogens is 211 g/mol. The second-order valence-corrected chi connectivity index (χ2v) is 1.80. The molecule has 2 nitrogen and oxygen atoms in total. The van der Waals surface area contributed by atoms with Crippen molar-refractivity contribution in [2.24, 2.45) is 0 Å². The van der Waals surface area contributed by atoms with Crippen LogP contribution in [0.1, 0.15) is 0 Å². The predicted molar refractivity (Wildman–Crippen MR) is 61.8 cm³/mol. The third-order valence-electron chi connectivity index (χ3n) is 0.803. The first-order valence-electron chi connectivity index (χ1n) is 2.17. The van der Waals surface area contributed by atoms with E-state index in [1.165, 1.54) is 6.20 Å². The second kappa shape index (κ2) is 8.73. The molecule has 1 aromatic rings. The number of hydrogen-bond donors (Lipinski definition) is 1. The van der Waals surface area contributed by atoms with E-state index < -0.39 is 0 Å². The van der Waals surface area contributed by atoms with E-state index in [4.69, 9.17) is 5.21 Å². The summed E-state index contributed by atoms with van der Waals surface area (Å²) in [7, 11) is 0. The molecule has 0 spiro atoms. The van der Waals surface area contributed by atoms with Gasteiger partial charge >= 0.3 is 23.1 Å². The summed E-state index contributed by atoms with van der Waals surface area (Å²) in [6, 6.07) is 5.13. The van der Waals surface area contributed by atoms with E-state index in [9.17, 15) is 0 Å². The molecule has 0 bridgehead atoms. The summed E-state index contributed by atoms with van der Waals surface area (Å²) in [5, 5.41) is 8.73. The summed E-state index contributed by atoms with van der Waals surface area (Å²) in [6.45, 7) is 0. The highest BCUT2D eigenvalue weighted by Crippen LogP contribution is 1.86. The van der Waals surface area contributed by atoms with Crippen LogP contribution < -0.4 is 0 Å². The minimum absolute atomic E-state index is 0. The van der Waals surface area contributed by atoms with E-state index in [1.807, 2.05) is 0 Å². The lowest BCUT2D eigenvalue weighted by atomic mass is 10.5. The van der Waals surface area contributed by atoms with Crippen molar-refractivity contribution < 1.29 is 5.21 Å². The topological polar surface area (TPSA) is 25.2 Å². The average molecular weight is 222 g/mol. The smallest absolute Gasteiger partial charge is 0.316 e. The van der Waals surface area contributed by atoms with E-state index in [2.05, 4.69) is 12.2 Å². The Bertz CT molecular complexity index is 239. The summed E-state index contributed by atoms with van der Waals surface area (Å²) in [6.07, 6.45) is 1.49. The fraction of sp³-hybridized carbons (Fsp3) is 0. The van der Waals surface area contributed by atoms with Crippen molar-refractivity contribution in [1.82, 2.24) is 4.73 Å². The predicted octanol–water partition coefficient (Wildman–Crippen LogP) is 0.764. The van der Waals surface area contributed by atoms with Gasteiger partial charge in [0.25, 0.3) is 0 Å². The Labute approximate surface area is 101 Å². The Kier molecular flexibility index (Phi) is 14.0. The monoisotopic (exact) mass is 221 g/mol. The highest BCUT2D eigenvalue weighted by molar-refractivity contribution is 7.71. The summed E-state index contributed by atoms with van der Waals surface area (Å²) in [4.78, 5) is 0. The van der Waals surface area contributed by atoms with E-state index in [-0.39, 0.29) is 50.0 Å². The molecule has 0 amide bonds. The van der Waals surface area contributed by atoms with Crippen molar-refractivity contribution in [3.63, 3.8) is 0 Å². The molecule has 0 radical (unpaired) electrons. The van der Waals surface area contributed by atoms with Crippen LogP contribution in [0.2, 0.25) is 0 Å². The van der Waals surface area contributed by atoms with Crippen molar-refractivity contribution in [3.05, 3.63) is 29.0 Å². The van der Waals surface area contributed by atoms with Crippen molar-refractivity contribution >= 4 is 62.3 Å². The highest BCUT2D eigenvalue weighted by Gasteiger charge is 1.77. The quantitative estimate of drug-likeness (QED) is 0.398. The first-order valence-corrected chi connectivity index (χ1v) is 2.58. The molecule has 0 unspecified atom stereocenters. The van der Waals surface area contributed by atoms with Gasteiger partial charge in [-0.2, -0.15) is 31.7 Å². The molecule has 1 heterocycles. The van der Waals surface area contributed by atoms with Crippen LogP contribution in [0.25, 0.3) is 0 Å². The molecule has 0 atom stereocenters. The maximum absolute atomic E-state index is 8.73. The highest BCUT2D eigenvalue weighted by atomic mass is 32.1. The first-order chi connectivity index (χ1) is 3.80. The van der Waals surface area contributed by atoms with E-state index >= 15 is 0 Å². The third kappa shape index (κ3) is 5.86. The maximum atomic E-state index is 8.73. The molecule has 1 rings (SSSR count). The van der Waals surface area contributed by atoms with Gasteiger partial charge in [0.15, 0.2) is 0 Å². The zero-order valence-electron chi connectivity index (χ0n) is 5.11. The number of pyridine rings is 1. The molecule has 0 fully saturated rings. The summed E-state index contributed by atoms with van der Waals surface area (Å²) >= 11 is 4.67. The molecule has 62 valence electrons. The Morgan fingerprint density at radius 2 is 1.82 bits per heavy atom. The van der Waals surface area contributed by atoms with Gasteiger partial charge in [-0.1, -0.05) is 18.3 Å². The largest absolute Gasteiger partial charge is 0.428 e. The normalized spacial score (nSPS) is 6.55. The van der Waals surface area contributed by atoms with E-state index in [0.717, 1.165) is 4.73 Å². The lowest BCUT2D eigenvalue weighted by Gasteiger charge is -1.90. The number of nitrogens with zero attached hydrogens (tertiary/aromatic N) is 1. The van der Waals surface area contributed by atoms with Crippen LogP contribution in [0.3, 0.4) is 0 Å². The Morgan fingerprint density at radius 1 is 1.27 bits per heavy atom. The Balaban J connectivity index is -0.000000213. The zero-order chi connectivity index (χ0) is 5.98. The molecule has 0 saturated heterocycles. The van der Waals surface area contributed by atoms with Crippen LogP contribution in [-0.4, -0.2) is 33.0 Å². The van der Waals surface area contributed by atoms with Gasteiger partial charge in [0.2, 0.25) is 0 Å². The van der Waals surface area contributed by atoms with E-state index in [0.29, 0.717) is 4.64 Å². The van der Waals surface area contributed by atoms with Crippen molar-refractivity contribution in [3.8, 4) is 0 Å². The van der Waals surface area contributed by atoms with Crippen LogP contribution in [0.15, 0.2) is 24.4 Å². The zero-order valence-corrected chi connectivity index (χ0v) is 7.93. The molecule has 0 saturated carbocycles. The van der Waals surface area contributed by atoms with Gasteiger partial charge < -0.3 is 5.21 Å². The summed E-state index contributed by atoms with van der Waals surface area (Å²) < 4.78 is 1.32. The molecule has 0 aliphatic carbocycles. The van der Waals surface area contributed by atoms with Gasteiger partial charge in [-0.25, -0.2) is 0 Å². The van der Waals surface area contributed by atoms with Crippen LogP contribution in [0, 0.1) is 4.64 Å². The molecule has 1 aromatic heterocycles. The van der Waals surface area contributed by atoms with Crippen molar-refractivity contribution in [2.45, 2.75) is 0 Å². The lowest BCUT2D eigenvalue weighted by Crippen LogP contribution is -1.89. The molecule has 1 N–H and O–H groups in total. The van der Waals surface area contributed by atoms with Crippen LogP contribution >= 0.6 is 39.2 Å². The molecule has 6 heteroatoms. The minimum Gasteiger partial charge on any atom is -0.428 e. The molecular formula is C5H11MgNOS3. The maximum Gasteiger partial charge on any atom is 0.316 e. The van der Waals surface area contributed by atoms with Crippen LogP contribution in [-0.2, 0) is 0 Å². The first kappa shape index (κ1) is 17.6. The van der Waals surface area contributed by atoms with Crippen LogP contribution in [0.5, 0.6) is 0 Å². The molecule has 0 aromatic carbocycles. The van der Waals surface area contributed by atoms with Gasteiger partial charge in [0.1, 0.15) is 4.64 Å². The van der Waals surface area contributed by atoms with Crippen LogP contribution in [0.4, 0.5) is 0 Å². The molecule has 11 heavy (non-hydrogen) atoms. The second-order valence-electron chi connectivity index (χ2n) is 1.38. The SMILES string of the molecule is On1ccccc1=S.S.S.[MgH2]. The summed E-state index contributed by atoms with van der Waals surface area (Å²) in [5.74, 6) is 0.